The number of hydrogen-bond acceptors (Lipinski definition) is 5. The normalized spacial score (nSPS) is 13.5. The SMILES string of the molecule is CCOc1ccc(C(C)=O)cc1COC(=O)c1ccc(N2CCCC2=O)cc1. The van der Waals surface area contributed by atoms with Gasteiger partial charge in [-0.05, 0) is 62.7 Å². The fraction of sp³-hybridized carbons (Fsp3) is 0.318. The van der Waals surface area contributed by atoms with Crippen molar-refractivity contribution in [2.45, 2.75) is 33.3 Å². The van der Waals surface area contributed by atoms with Gasteiger partial charge in [0.25, 0.3) is 0 Å². The zero-order valence-corrected chi connectivity index (χ0v) is 16.1. The summed E-state index contributed by atoms with van der Waals surface area (Å²) in [5, 5.41) is 0. The molecule has 1 aliphatic rings. The molecular weight excluding hydrogens is 358 g/mol. The second-order valence-corrected chi connectivity index (χ2v) is 6.58. The van der Waals surface area contributed by atoms with Gasteiger partial charge in [-0.25, -0.2) is 4.79 Å². The minimum absolute atomic E-state index is 0.00164. The molecule has 1 aliphatic heterocycles. The van der Waals surface area contributed by atoms with Crippen LogP contribution in [-0.2, 0) is 16.1 Å². The molecule has 0 radical (unpaired) electrons. The number of Topliss-reactive ketones (excluding diaryl/α,β-unsaturated/α-hetero) is 1. The van der Waals surface area contributed by atoms with Crippen molar-refractivity contribution in [1.82, 2.24) is 0 Å². The molecule has 0 saturated carbocycles. The zero-order chi connectivity index (χ0) is 20.1. The van der Waals surface area contributed by atoms with Crippen LogP contribution in [0.2, 0.25) is 0 Å². The number of benzene rings is 2. The van der Waals surface area contributed by atoms with Crippen molar-refractivity contribution in [2.75, 3.05) is 18.1 Å². The van der Waals surface area contributed by atoms with Crippen LogP contribution in [0.3, 0.4) is 0 Å². The number of amides is 1. The summed E-state index contributed by atoms with van der Waals surface area (Å²) in [6, 6.07) is 11.9. The topological polar surface area (TPSA) is 72.9 Å². The standard InChI is InChI=1S/C22H23NO5/c1-3-27-20-11-8-17(15(2)24)13-18(20)14-28-22(26)16-6-9-19(10-7-16)23-12-4-5-21(23)25/h6-11,13H,3-5,12,14H2,1-2H3. The number of carbonyl (C=O) groups is 3. The molecule has 0 aliphatic carbocycles. The molecule has 0 atom stereocenters. The van der Waals surface area contributed by atoms with E-state index in [2.05, 4.69) is 0 Å². The van der Waals surface area contributed by atoms with Gasteiger partial charge in [-0.1, -0.05) is 0 Å². The molecule has 0 spiro atoms. The van der Waals surface area contributed by atoms with Crippen LogP contribution in [0.25, 0.3) is 0 Å². The molecule has 146 valence electrons. The molecular formula is C22H23NO5. The van der Waals surface area contributed by atoms with Gasteiger partial charge in [0.05, 0.1) is 12.2 Å². The summed E-state index contributed by atoms with van der Waals surface area (Å²) in [7, 11) is 0. The molecule has 1 heterocycles. The van der Waals surface area contributed by atoms with E-state index in [1.165, 1.54) is 6.92 Å². The summed E-state index contributed by atoms with van der Waals surface area (Å²) < 4.78 is 11.0. The second-order valence-electron chi connectivity index (χ2n) is 6.58. The zero-order valence-electron chi connectivity index (χ0n) is 16.1. The average Bonchev–Trinajstić information content (AvgIpc) is 3.13. The Bertz CT molecular complexity index is 888. The first-order chi connectivity index (χ1) is 13.5. The Kier molecular flexibility index (Phi) is 6.09. The van der Waals surface area contributed by atoms with Crippen molar-refractivity contribution in [3.8, 4) is 5.75 Å². The lowest BCUT2D eigenvalue weighted by Gasteiger charge is -2.16. The lowest BCUT2D eigenvalue weighted by Crippen LogP contribution is -2.23. The summed E-state index contributed by atoms with van der Waals surface area (Å²) in [6.07, 6.45) is 1.41. The number of rotatable bonds is 7. The molecule has 0 unspecified atom stereocenters. The van der Waals surface area contributed by atoms with E-state index in [1.807, 2.05) is 6.92 Å². The number of nitrogens with zero attached hydrogens (tertiary/aromatic N) is 1. The Balaban J connectivity index is 1.69. The highest BCUT2D eigenvalue weighted by molar-refractivity contribution is 5.96. The molecule has 2 aromatic rings. The number of anilines is 1. The third-order valence-electron chi connectivity index (χ3n) is 4.61. The third kappa shape index (κ3) is 4.39. The van der Waals surface area contributed by atoms with Crippen LogP contribution >= 0.6 is 0 Å². The largest absolute Gasteiger partial charge is 0.493 e. The van der Waals surface area contributed by atoms with Crippen LogP contribution in [0.4, 0.5) is 5.69 Å². The van der Waals surface area contributed by atoms with E-state index in [1.54, 1.807) is 47.4 Å². The molecule has 3 rings (SSSR count). The van der Waals surface area contributed by atoms with Gasteiger partial charge in [0.2, 0.25) is 5.91 Å². The fourth-order valence-electron chi connectivity index (χ4n) is 3.13. The van der Waals surface area contributed by atoms with Crippen molar-refractivity contribution in [3.63, 3.8) is 0 Å². The van der Waals surface area contributed by atoms with E-state index < -0.39 is 5.97 Å². The van der Waals surface area contributed by atoms with E-state index in [4.69, 9.17) is 9.47 Å². The van der Waals surface area contributed by atoms with Gasteiger partial charge in [-0.3, -0.25) is 9.59 Å². The fourth-order valence-corrected chi connectivity index (χ4v) is 3.13. The van der Waals surface area contributed by atoms with Crippen molar-refractivity contribution < 1.29 is 23.9 Å². The Morgan fingerprint density at radius 1 is 1.07 bits per heavy atom. The van der Waals surface area contributed by atoms with E-state index in [0.29, 0.717) is 42.0 Å². The number of ketones is 1. The molecule has 1 saturated heterocycles. The first kappa shape index (κ1) is 19.6. The predicted octanol–water partition coefficient (Wildman–Crippen LogP) is 3.77. The summed E-state index contributed by atoms with van der Waals surface area (Å²) in [5.41, 5.74) is 2.36. The van der Waals surface area contributed by atoms with Crippen LogP contribution in [0.1, 0.15) is 53.0 Å². The molecule has 2 aromatic carbocycles. The molecule has 6 nitrogen and oxygen atoms in total. The Morgan fingerprint density at radius 2 is 1.79 bits per heavy atom. The van der Waals surface area contributed by atoms with Crippen molar-refractivity contribution in [2.24, 2.45) is 0 Å². The number of carbonyl (C=O) groups excluding carboxylic acids is 3. The lowest BCUT2D eigenvalue weighted by atomic mass is 10.1. The molecule has 0 aromatic heterocycles. The molecule has 28 heavy (non-hydrogen) atoms. The summed E-state index contributed by atoms with van der Waals surface area (Å²) >= 11 is 0. The second kappa shape index (κ2) is 8.69. The van der Waals surface area contributed by atoms with Crippen LogP contribution in [0.5, 0.6) is 5.75 Å². The number of ether oxygens (including phenoxy) is 2. The van der Waals surface area contributed by atoms with Gasteiger partial charge in [0.15, 0.2) is 5.78 Å². The monoisotopic (exact) mass is 381 g/mol. The first-order valence-electron chi connectivity index (χ1n) is 9.34. The molecule has 0 bridgehead atoms. The van der Waals surface area contributed by atoms with Crippen molar-refractivity contribution in [1.29, 1.82) is 0 Å². The summed E-state index contributed by atoms with van der Waals surface area (Å²) in [5.74, 6) is 0.143. The minimum Gasteiger partial charge on any atom is -0.493 e. The average molecular weight is 381 g/mol. The first-order valence-corrected chi connectivity index (χ1v) is 9.34. The van der Waals surface area contributed by atoms with Gasteiger partial charge in [-0.2, -0.15) is 0 Å². The van der Waals surface area contributed by atoms with Crippen LogP contribution in [0.15, 0.2) is 42.5 Å². The maximum absolute atomic E-state index is 12.4. The lowest BCUT2D eigenvalue weighted by molar-refractivity contribution is -0.117. The van der Waals surface area contributed by atoms with Crippen LogP contribution < -0.4 is 9.64 Å². The summed E-state index contributed by atoms with van der Waals surface area (Å²) in [6.45, 7) is 4.52. The molecule has 1 fully saturated rings. The van der Waals surface area contributed by atoms with Crippen LogP contribution in [-0.4, -0.2) is 30.8 Å². The van der Waals surface area contributed by atoms with Gasteiger partial charge in [-0.15, -0.1) is 0 Å². The van der Waals surface area contributed by atoms with Crippen molar-refractivity contribution >= 4 is 23.3 Å². The highest BCUT2D eigenvalue weighted by Gasteiger charge is 2.22. The van der Waals surface area contributed by atoms with E-state index >= 15 is 0 Å². The van der Waals surface area contributed by atoms with Crippen LogP contribution in [0, 0.1) is 0 Å². The van der Waals surface area contributed by atoms with Gasteiger partial charge < -0.3 is 14.4 Å². The Labute approximate surface area is 164 Å². The highest BCUT2D eigenvalue weighted by atomic mass is 16.5. The smallest absolute Gasteiger partial charge is 0.338 e. The molecule has 6 heteroatoms. The maximum Gasteiger partial charge on any atom is 0.338 e. The van der Waals surface area contributed by atoms with Gasteiger partial charge in [0, 0.05) is 29.8 Å². The number of esters is 1. The maximum atomic E-state index is 12.4. The predicted molar refractivity (Wildman–Crippen MR) is 105 cm³/mol. The van der Waals surface area contributed by atoms with E-state index in [-0.39, 0.29) is 18.3 Å². The van der Waals surface area contributed by atoms with Gasteiger partial charge in [0.1, 0.15) is 12.4 Å². The number of hydrogen-bond donors (Lipinski definition) is 0. The van der Waals surface area contributed by atoms with Gasteiger partial charge >= 0.3 is 5.97 Å². The minimum atomic E-state index is -0.477. The Morgan fingerprint density at radius 3 is 2.39 bits per heavy atom. The van der Waals surface area contributed by atoms with E-state index in [9.17, 15) is 14.4 Å². The summed E-state index contributed by atoms with van der Waals surface area (Å²) in [4.78, 5) is 37.5. The van der Waals surface area contributed by atoms with Crippen molar-refractivity contribution in [3.05, 3.63) is 59.2 Å². The quantitative estimate of drug-likeness (QED) is 0.539. The Hall–Kier alpha value is -3.15. The third-order valence-corrected chi connectivity index (χ3v) is 4.61. The molecule has 1 amide bonds. The van der Waals surface area contributed by atoms with E-state index in [0.717, 1.165) is 12.1 Å². The molecule has 0 N–H and O–H groups in total. The highest BCUT2D eigenvalue weighted by Crippen LogP contribution is 2.24.